The molecule has 0 radical (unpaired) electrons. The molecule has 4 rings (SSSR count). The smallest absolute Gasteiger partial charge is 0.262 e. The number of anilines is 1. The van der Waals surface area contributed by atoms with Gasteiger partial charge >= 0.3 is 0 Å². The molecule has 0 fully saturated rings. The molecule has 0 atom stereocenters. The number of carbonyl (C=O) groups excluding carboxylic acids is 1. The number of para-hydroxylation sites is 2. The van der Waals surface area contributed by atoms with Crippen LogP contribution < -0.4 is 14.8 Å². The Morgan fingerprint density at radius 2 is 1.70 bits per heavy atom. The molecule has 7 heteroatoms. The van der Waals surface area contributed by atoms with Crippen LogP contribution in [0.3, 0.4) is 0 Å². The van der Waals surface area contributed by atoms with Crippen LogP contribution in [0.4, 0.5) is 5.69 Å². The molecule has 0 unspecified atom stereocenters. The lowest BCUT2D eigenvalue weighted by Crippen LogP contribution is -2.20. The van der Waals surface area contributed by atoms with Crippen LogP contribution in [0.15, 0.2) is 83.4 Å². The summed E-state index contributed by atoms with van der Waals surface area (Å²) in [5, 5.41) is 6.83. The van der Waals surface area contributed by atoms with Crippen LogP contribution in [-0.4, -0.2) is 29.8 Å². The molecule has 0 bridgehead atoms. The number of aromatic nitrogens is 2. The van der Waals surface area contributed by atoms with Crippen molar-refractivity contribution in [2.24, 2.45) is 0 Å². The average Bonchev–Trinajstić information content (AvgIpc) is 3.29. The van der Waals surface area contributed by atoms with Gasteiger partial charge in [-0.2, -0.15) is 4.98 Å². The van der Waals surface area contributed by atoms with Gasteiger partial charge in [0.1, 0.15) is 11.5 Å². The molecule has 0 aliphatic rings. The van der Waals surface area contributed by atoms with Gasteiger partial charge < -0.3 is 19.3 Å². The largest absolute Gasteiger partial charge is 0.496 e. The van der Waals surface area contributed by atoms with E-state index in [1.165, 1.54) is 0 Å². The highest BCUT2D eigenvalue weighted by Gasteiger charge is 2.14. The normalized spacial score (nSPS) is 10.4. The third-order valence-electron chi connectivity index (χ3n) is 4.30. The van der Waals surface area contributed by atoms with Crippen LogP contribution in [0, 0.1) is 0 Å². The van der Waals surface area contributed by atoms with Gasteiger partial charge in [0, 0.05) is 11.3 Å². The zero-order chi connectivity index (χ0) is 20.8. The monoisotopic (exact) mass is 401 g/mol. The maximum atomic E-state index is 12.1. The minimum absolute atomic E-state index is 0.0717. The van der Waals surface area contributed by atoms with E-state index in [4.69, 9.17) is 14.0 Å². The molecule has 0 saturated carbocycles. The van der Waals surface area contributed by atoms with Crippen LogP contribution in [0.1, 0.15) is 0 Å². The highest BCUT2D eigenvalue weighted by molar-refractivity contribution is 5.92. The van der Waals surface area contributed by atoms with Crippen molar-refractivity contribution in [2.45, 2.75) is 0 Å². The van der Waals surface area contributed by atoms with Crippen molar-refractivity contribution < 1.29 is 18.8 Å². The number of carbonyl (C=O) groups is 1. The van der Waals surface area contributed by atoms with E-state index in [1.54, 1.807) is 43.5 Å². The van der Waals surface area contributed by atoms with Gasteiger partial charge in [0.05, 0.1) is 12.7 Å². The van der Waals surface area contributed by atoms with E-state index >= 15 is 0 Å². The second-order valence-electron chi connectivity index (χ2n) is 6.35. The molecular weight excluding hydrogens is 382 g/mol. The maximum Gasteiger partial charge on any atom is 0.262 e. The van der Waals surface area contributed by atoms with Gasteiger partial charge in [-0.05, 0) is 48.5 Å². The molecule has 30 heavy (non-hydrogen) atoms. The van der Waals surface area contributed by atoms with Gasteiger partial charge in [-0.25, -0.2) is 0 Å². The summed E-state index contributed by atoms with van der Waals surface area (Å²) < 4.78 is 16.2. The summed E-state index contributed by atoms with van der Waals surface area (Å²) in [5.41, 5.74) is 2.13. The molecule has 0 saturated heterocycles. The van der Waals surface area contributed by atoms with Crippen LogP contribution in [0.2, 0.25) is 0 Å². The molecule has 0 spiro atoms. The van der Waals surface area contributed by atoms with Gasteiger partial charge in [-0.15, -0.1) is 0 Å². The number of rotatable bonds is 7. The first-order valence-electron chi connectivity index (χ1n) is 9.28. The van der Waals surface area contributed by atoms with E-state index in [2.05, 4.69) is 15.5 Å². The van der Waals surface area contributed by atoms with Crippen molar-refractivity contribution >= 4 is 11.6 Å². The fourth-order valence-electron chi connectivity index (χ4n) is 2.84. The zero-order valence-corrected chi connectivity index (χ0v) is 16.2. The minimum Gasteiger partial charge on any atom is -0.496 e. The maximum absolute atomic E-state index is 12.1. The Labute approximate surface area is 173 Å². The SMILES string of the molecule is COc1ccccc1-c1noc(-c2ccc(NC(=O)COc3ccccc3)cc2)n1. The van der Waals surface area contributed by atoms with E-state index in [9.17, 15) is 4.79 Å². The van der Waals surface area contributed by atoms with Crippen molar-refractivity contribution in [2.75, 3.05) is 19.0 Å². The summed E-state index contributed by atoms with van der Waals surface area (Å²) in [7, 11) is 1.59. The number of methoxy groups -OCH3 is 1. The molecule has 1 heterocycles. The number of ether oxygens (including phenoxy) is 2. The van der Waals surface area contributed by atoms with Crippen molar-refractivity contribution in [3.8, 4) is 34.3 Å². The van der Waals surface area contributed by atoms with Crippen LogP contribution in [0.25, 0.3) is 22.8 Å². The minimum atomic E-state index is -0.247. The van der Waals surface area contributed by atoms with E-state index in [0.717, 1.165) is 11.1 Å². The van der Waals surface area contributed by atoms with E-state index in [-0.39, 0.29) is 12.5 Å². The molecule has 1 N–H and O–H groups in total. The van der Waals surface area contributed by atoms with E-state index in [1.807, 2.05) is 42.5 Å². The molecule has 0 aliphatic carbocycles. The van der Waals surface area contributed by atoms with E-state index in [0.29, 0.717) is 28.9 Å². The van der Waals surface area contributed by atoms with Crippen molar-refractivity contribution in [1.82, 2.24) is 10.1 Å². The highest BCUT2D eigenvalue weighted by Crippen LogP contribution is 2.29. The quantitative estimate of drug-likeness (QED) is 0.493. The fourth-order valence-corrected chi connectivity index (χ4v) is 2.84. The van der Waals surface area contributed by atoms with Crippen LogP contribution in [0.5, 0.6) is 11.5 Å². The Bertz CT molecular complexity index is 1120. The number of amides is 1. The summed E-state index contributed by atoms with van der Waals surface area (Å²) in [6.07, 6.45) is 0. The molecule has 150 valence electrons. The fraction of sp³-hybridized carbons (Fsp3) is 0.0870. The Hall–Kier alpha value is -4.13. The van der Waals surface area contributed by atoms with Gasteiger partial charge in [0.2, 0.25) is 5.82 Å². The number of nitrogens with one attached hydrogen (secondary N) is 1. The number of nitrogens with zero attached hydrogens (tertiary/aromatic N) is 2. The lowest BCUT2D eigenvalue weighted by molar-refractivity contribution is -0.118. The average molecular weight is 401 g/mol. The van der Waals surface area contributed by atoms with E-state index < -0.39 is 0 Å². The zero-order valence-electron chi connectivity index (χ0n) is 16.2. The Balaban J connectivity index is 1.40. The summed E-state index contributed by atoms with van der Waals surface area (Å²) in [6, 6.07) is 23.8. The summed E-state index contributed by atoms with van der Waals surface area (Å²) in [4.78, 5) is 16.5. The third kappa shape index (κ3) is 4.47. The molecule has 1 aromatic heterocycles. The summed E-state index contributed by atoms with van der Waals surface area (Å²) in [6.45, 7) is -0.0717. The van der Waals surface area contributed by atoms with Gasteiger partial charge in [0.15, 0.2) is 6.61 Å². The van der Waals surface area contributed by atoms with Crippen LogP contribution in [-0.2, 0) is 4.79 Å². The predicted octanol–water partition coefficient (Wildman–Crippen LogP) is 4.43. The van der Waals surface area contributed by atoms with Crippen molar-refractivity contribution in [3.63, 3.8) is 0 Å². The molecule has 1 amide bonds. The summed E-state index contributed by atoms with van der Waals surface area (Å²) in [5.74, 6) is 1.88. The molecule has 0 aliphatic heterocycles. The molecule has 7 nitrogen and oxygen atoms in total. The number of benzene rings is 3. The first kappa shape index (κ1) is 19.2. The van der Waals surface area contributed by atoms with Gasteiger partial charge in [0.25, 0.3) is 11.8 Å². The topological polar surface area (TPSA) is 86.5 Å². The van der Waals surface area contributed by atoms with Crippen molar-refractivity contribution in [3.05, 3.63) is 78.9 Å². The lowest BCUT2D eigenvalue weighted by atomic mass is 10.2. The van der Waals surface area contributed by atoms with Crippen molar-refractivity contribution in [1.29, 1.82) is 0 Å². The number of hydrogen-bond donors (Lipinski definition) is 1. The lowest BCUT2D eigenvalue weighted by Gasteiger charge is -2.07. The Kier molecular flexibility index (Phi) is 5.70. The Morgan fingerprint density at radius 3 is 2.47 bits per heavy atom. The Morgan fingerprint density at radius 1 is 0.967 bits per heavy atom. The second-order valence-corrected chi connectivity index (χ2v) is 6.35. The highest BCUT2D eigenvalue weighted by atomic mass is 16.5. The predicted molar refractivity (Wildman–Crippen MR) is 112 cm³/mol. The van der Waals surface area contributed by atoms with Gasteiger partial charge in [-0.1, -0.05) is 35.5 Å². The number of hydrogen-bond acceptors (Lipinski definition) is 6. The molecule has 4 aromatic rings. The van der Waals surface area contributed by atoms with Crippen LogP contribution >= 0.6 is 0 Å². The first-order valence-corrected chi connectivity index (χ1v) is 9.28. The van der Waals surface area contributed by atoms with Gasteiger partial charge in [-0.3, -0.25) is 4.79 Å². The first-order chi connectivity index (χ1) is 14.7. The molecule has 3 aromatic carbocycles. The standard InChI is InChI=1S/C23H19N3O4/c1-28-20-10-6-5-9-19(20)22-25-23(30-26-22)16-11-13-17(14-12-16)24-21(27)15-29-18-7-3-2-4-8-18/h2-14H,15H2,1H3,(H,24,27). The third-order valence-corrected chi connectivity index (χ3v) is 4.30. The molecular formula is C23H19N3O4. The summed E-state index contributed by atoms with van der Waals surface area (Å²) >= 11 is 0. The second kappa shape index (κ2) is 8.91.